The van der Waals surface area contributed by atoms with Crippen molar-refractivity contribution in [3.05, 3.63) is 30.3 Å². The first-order valence-corrected chi connectivity index (χ1v) is 8.56. The molecule has 3 rings (SSSR count). The molecule has 122 valence electrons. The van der Waals surface area contributed by atoms with Gasteiger partial charge in [-0.3, -0.25) is 9.36 Å². The van der Waals surface area contributed by atoms with E-state index in [2.05, 4.69) is 10.2 Å². The first-order valence-electron chi connectivity index (χ1n) is 7.58. The molecule has 0 saturated carbocycles. The average Bonchev–Trinajstić information content (AvgIpc) is 3.24. The lowest BCUT2D eigenvalue weighted by molar-refractivity contribution is -0.137. The van der Waals surface area contributed by atoms with Crippen molar-refractivity contribution in [3.8, 4) is 11.4 Å². The van der Waals surface area contributed by atoms with Gasteiger partial charge in [0.05, 0.1) is 25.5 Å². The molecule has 1 aliphatic heterocycles. The molecular weight excluding hydrogens is 314 g/mol. The molecule has 0 N–H and O–H groups in total. The average molecular weight is 333 g/mol. The molecule has 1 aromatic carbocycles. The highest BCUT2D eigenvalue weighted by atomic mass is 32.2. The SMILES string of the molecule is COC(=O)CSc1nnc(-c2ccccc2)n1C[C@H]1CCCO1. The van der Waals surface area contributed by atoms with Crippen LogP contribution in [-0.4, -0.2) is 46.3 Å². The zero-order valence-corrected chi connectivity index (χ0v) is 13.8. The summed E-state index contributed by atoms with van der Waals surface area (Å²) in [5, 5.41) is 9.28. The minimum atomic E-state index is -0.275. The van der Waals surface area contributed by atoms with Crippen molar-refractivity contribution in [3.63, 3.8) is 0 Å². The number of carbonyl (C=O) groups is 1. The molecular formula is C16H19N3O3S. The number of hydrogen-bond acceptors (Lipinski definition) is 6. The fraction of sp³-hybridized carbons (Fsp3) is 0.438. The summed E-state index contributed by atoms with van der Waals surface area (Å²) in [5.41, 5.74) is 1.00. The van der Waals surface area contributed by atoms with Crippen LogP contribution in [0, 0.1) is 0 Å². The van der Waals surface area contributed by atoms with Crippen molar-refractivity contribution in [1.82, 2.24) is 14.8 Å². The van der Waals surface area contributed by atoms with E-state index in [1.165, 1.54) is 18.9 Å². The van der Waals surface area contributed by atoms with Crippen molar-refractivity contribution in [1.29, 1.82) is 0 Å². The van der Waals surface area contributed by atoms with Gasteiger partial charge in [0, 0.05) is 12.2 Å². The molecule has 0 unspecified atom stereocenters. The molecule has 0 bridgehead atoms. The molecule has 0 spiro atoms. The third-order valence-corrected chi connectivity index (χ3v) is 4.65. The predicted molar refractivity (Wildman–Crippen MR) is 87.2 cm³/mol. The van der Waals surface area contributed by atoms with Gasteiger partial charge in [0.1, 0.15) is 0 Å². The van der Waals surface area contributed by atoms with E-state index >= 15 is 0 Å². The Labute approximate surface area is 139 Å². The van der Waals surface area contributed by atoms with Gasteiger partial charge in [0.25, 0.3) is 0 Å². The summed E-state index contributed by atoms with van der Waals surface area (Å²) < 4.78 is 12.5. The zero-order valence-electron chi connectivity index (χ0n) is 13.0. The Balaban J connectivity index is 1.86. The molecule has 0 radical (unpaired) electrons. The maximum atomic E-state index is 11.4. The molecule has 1 saturated heterocycles. The number of methoxy groups -OCH3 is 1. The fourth-order valence-electron chi connectivity index (χ4n) is 2.54. The van der Waals surface area contributed by atoms with Gasteiger partial charge >= 0.3 is 5.97 Å². The second kappa shape index (κ2) is 7.61. The van der Waals surface area contributed by atoms with Crippen LogP contribution in [0.25, 0.3) is 11.4 Å². The van der Waals surface area contributed by atoms with Gasteiger partial charge in [-0.15, -0.1) is 10.2 Å². The molecule has 1 fully saturated rings. The van der Waals surface area contributed by atoms with Crippen LogP contribution in [0.15, 0.2) is 35.5 Å². The highest BCUT2D eigenvalue weighted by Gasteiger charge is 2.22. The molecule has 1 aliphatic rings. The zero-order chi connectivity index (χ0) is 16.1. The van der Waals surface area contributed by atoms with Gasteiger partial charge in [0.15, 0.2) is 11.0 Å². The van der Waals surface area contributed by atoms with Gasteiger partial charge in [0.2, 0.25) is 0 Å². The van der Waals surface area contributed by atoms with Crippen LogP contribution in [0.2, 0.25) is 0 Å². The lowest BCUT2D eigenvalue weighted by Gasteiger charge is -2.14. The topological polar surface area (TPSA) is 66.2 Å². The van der Waals surface area contributed by atoms with Crippen molar-refractivity contribution in [2.75, 3.05) is 19.5 Å². The Morgan fingerprint density at radius 1 is 1.39 bits per heavy atom. The molecule has 2 aromatic rings. The fourth-order valence-corrected chi connectivity index (χ4v) is 3.32. The quantitative estimate of drug-likeness (QED) is 0.597. The highest BCUT2D eigenvalue weighted by Crippen LogP contribution is 2.26. The number of aromatic nitrogens is 3. The summed E-state index contributed by atoms with van der Waals surface area (Å²) in [6.07, 6.45) is 2.29. The molecule has 2 heterocycles. The van der Waals surface area contributed by atoms with E-state index in [4.69, 9.17) is 9.47 Å². The van der Waals surface area contributed by atoms with E-state index in [1.54, 1.807) is 0 Å². The molecule has 6 nitrogen and oxygen atoms in total. The second-order valence-corrected chi connectivity index (χ2v) is 6.23. The van der Waals surface area contributed by atoms with Gasteiger partial charge < -0.3 is 9.47 Å². The number of nitrogens with zero attached hydrogens (tertiary/aromatic N) is 3. The number of hydrogen-bond donors (Lipinski definition) is 0. The summed E-state index contributed by atoms with van der Waals surface area (Å²) >= 11 is 1.34. The minimum Gasteiger partial charge on any atom is -0.468 e. The van der Waals surface area contributed by atoms with Crippen LogP contribution in [0.3, 0.4) is 0 Å². The molecule has 0 aliphatic carbocycles. The lowest BCUT2D eigenvalue weighted by Crippen LogP contribution is -2.17. The largest absolute Gasteiger partial charge is 0.468 e. The second-order valence-electron chi connectivity index (χ2n) is 5.28. The summed E-state index contributed by atoms with van der Waals surface area (Å²) in [7, 11) is 1.38. The number of benzene rings is 1. The Hall–Kier alpha value is -1.86. The monoisotopic (exact) mass is 333 g/mol. The summed E-state index contributed by atoms with van der Waals surface area (Å²) in [4.78, 5) is 11.4. The highest BCUT2D eigenvalue weighted by molar-refractivity contribution is 7.99. The van der Waals surface area contributed by atoms with Crippen LogP contribution < -0.4 is 0 Å². The van der Waals surface area contributed by atoms with E-state index in [-0.39, 0.29) is 17.8 Å². The van der Waals surface area contributed by atoms with Crippen molar-refractivity contribution in [2.45, 2.75) is 30.6 Å². The number of carbonyl (C=O) groups excluding carboxylic acids is 1. The summed E-state index contributed by atoms with van der Waals surface area (Å²) in [6.45, 7) is 1.50. The Kier molecular flexibility index (Phi) is 5.30. The van der Waals surface area contributed by atoms with Crippen molar-refractivity contribution in [2.24, 2.45) is 0 Å². The third kappa shape index (κ3) is 3.92. The van der Waals surface area contributed by atoms with E-state index < -0.39 is 0 Å². The van der Waals surface area contributed by atoms with Gasteiger partial charge in [-0.05, 0) is 12.8 Å². The Morgan fingerprint density at radius 3 is 2.91 bits per heavy atom. The van der Waals surface area contributed by atoms with Crippen LogP contribution in [-0.2, 0) is 20.8 Å². The maximum absolute atomic E-state index is 11.4. The lowest BCUT2D eigenvalue weighted by atomic mass is 10.2. The normalized spacial score (nSPS) is 17.3. The molecule has 1 aromatic heterocycles. The van der Waals surface area contributed by atoms with E-state index in [0.717, 1.165) is 30.8 Å². The molecule has 1 atom stereocenters. The summed E-state index contributed by atoms with van der Waals surface area (Å²) in [5.74, 6) is 0.742. The van der Waals surface area contributed by atoms with Gasteiger partial charge in [-0.25, -0.2) is 0 Å². The summed E-state index contributed by atoms with van der Waals surface area (Å²) in [6, 6.07) is 9.93. The first kappa shape index (κ1) is 16.0. The molecule has 0 amide bonds. The van der Waals surface area contributed by atoms with Crippen LogP contribution in [0.5, 0.6) is 0 Å². The Morgan fingerprint density at radius 2 is 2.22 bits per heavy atom. The van der Waals surface area contributed by atoms with Crippen LogP contribution in [0.1, 0.15) is 12.8 Å². The number of rotatable bonds is 6. The number of esters is 1. The first-order chi connectivity index (χ1) is 11.3. The minimum absolute atomic E-state index is 0.172. The molecule has 23 heavy (non-hydrogen) atoms. The van der Waals surface area contributed by atoms with Crippen molar-refractivity contribution >= 4 is 17.7 Å². The third-order valence-electron chi connectivity index (χ3n) is 3.71. The number of ether oxygens (including phenoxy) is 2. The Bertz CT molecular complexity index is 654. The van der Waals surface area contributed by atoms with Crippen molar-refractivity contribution < 1.29 is 14.3 Å². The smallest absolute Gasteiger partial charge is 0.316 e. The van der Waals surface area contributed by atoms with Crippen LogP contribution in [0.4, 0.5) is 0 Å². The van der Waals surface area contributed by atoms with Gasteiger partial charge in [-0.2, -0.15) is 0 Å². The van der Waals surface area contributed by atoms with E-state index in [9.17, 15) is 4.79 Å². The molecule has 7 heteroatoms. The van der Waals surface area contributed by atoms with E-state index in [1.807, 2.05) is 34.9 Å². The standard InChI is InChI=1S/C16H19N3O3S/c1-21-14(20)11-23-16-18-17-15(12-6-3-2-4-7-12)19(16)10-13-8-5-9-22-13/h2-4,6-7,13H,5,8-11H2,1H3/t13-/m1/s1. The predicted octanol–water partition coefficient (Wildman–Crippen LogP) is 2.39. The van der Waals surface area contributed by atoms with E-state index in [0.29, 0.717) is 11.7 Å². The van der Waals surface area contributed by atoms with Gasteiger partial charge in [-0.1, -0.05) is 42.1 Å². The number of thioether (sulfide) groups is 1. The maximum Gasteiger partial charge on any atom is 0.316 e. The van der Waals surface area contributed by atoms with Crippen LogP contribution >= 0.6 is 11.8 Å².